The molecule has 0 spiro atoms. The normalized spacial score (nSPS) is 10.9. The van der Waals surface area contributed by atoms with Crippen LogP contribution in [0.15, 0.2) is 24.4 Å². The van der Waals surface area contributed by atoms with E-state index in [0.29, 0.717) is 6.61 Å². The molecule has 3 nitrogen and oxygen atoms in total. The molecule has 0 aliphatic heterocycles. The van der Waals surface area contributed by atoms with Crippen LogP contribution in [0.25, 0.3) is 10.9 Å². The largest absolute Gasteiger partial charge is 0.380 e. The monoisotopic (exact) mass is 176 g/mol. The van der Waals surface area contributed by atoms with E-state index in [0.717, 1.165) is 10.9 Å². The molecular weight excluding hydrogens is 164 g/mol. The second-order valence-corrected chi connectivity index (χ2v) is 3.06. The molecule has 0 aliphatic rings. The second-order valence-electron chi connectivity index (χ2n) is 3.06. The van der Waals surface area contributed by atoms with Crippen LogP contribution >= 0.6 is 0 Å². The molecular formula is C10H12N2O. The lowest BCUT2D eigenvalue weighted by atomic mass is 10.1. The van der Waals surface area contributed by atoms with Crippen molar-refractivity contribution >= 4 is 10.9 Å². The molecule has 0 bridgehead atoms. The van der Waals surface area contributed by atoms with Gasteiger partial charge in [-0.25, -0.2) is 0 Å². The van der Waals surface area contributed by atoms with Gasteiger partial charge in [0.05, 0.1) is 18.3 Å². The molecule has 13 heavy (non-hydrogen) atoms. The number of fused-ring (bicyclic) bond motifs is 1. The van der Waals surface area contributed by atoms with Gasteiger partial charge in [0.2, 0.25) is 0 Å². The van der Waals surface area contributed by atoms with E-state index in [1.165, 1.54) is 5.56 Å². The highest BCUT2D eigenvalue weighted by Crippen LogP contribution is 2.17. The van der Waals surface area contributed by atoms with E-state index in [2.05, 4.69) is 17.2 Å². The quantitative estimate of drug-likeness (QED) is 0.696. The maximum absolute atomic E-state index is 5.12. The summed E-state index contributed by atoms with van der Waals surface area (Å²) >= 11 is 0. The summed E-state index contributed by atoms with van der Waals surface area (Å²) in [5.41, 5.74) is 2.34. The van der Waals surface area contributed by atoms with Gasteiger partial charge in [0.25, 0.3) is 0 Å². The van der Waals surface area contributed by atoms with E-state index < -0.39 is 0 Å². The number of hydrogen-bond donors (Lipinski definition) is 0. The zero-order valence-electron chi connectivity index (χ0n) is 7.82. The molecule has 0 unspecified atom stereocenters. The number of hydrogen-bond acceptors (Lipinski definition) is 2. The molecule has 3 heteroatoms. The molecule has 0 saturated heterocycles. The third-order valence-corrected chi connectivity index (χ3v) is 2.14. The minimum absolute atomic E-state index is 0.636. The van der Waals surface area contributed by atoms with E-state index >= 15 is 0 Å². The van der Waals surface area contributed by atoms with Gasteiger partial charge in [-0.15, -0.1) is 0 Å². The molecule has 1 heterocycles. The van der Waals surface area contributed by atoms with Crippen LogP contribution in [0.3, 0.4) is 0 Å². The first-order chi connectivity index (χ1) is 6.33. The summed E-state index contributed by atoms with van der Waals surface area (Å²) in [5, 5.41) is 5.36. The first-order valence-electron chi connectivity index (χ1n) is 4.21. The Balaban J connectivity index is 2.65. The smallest absolute Gasteiger partial charge is 0.0734 e. The molecule has 0 aliphatic carbocycles. The van der Waals surface area contributed by atoms with Crippen LogP contribution in [0.4, 0.5) is 0 Å². The standard InChI is InChI=1S/C10H12N2O/c1-12-10-8(6-11-12)4-3-5-9(10)7-13-2/h3-6H,7H2,1-2H3. The fraction of sp³-hybridized carbons (Fsp3) is 0.300. The van der Waals surface area contributed by atoms with E-state index in [-0.39, 0.29) is 0 Å². The van der Waals surface area contributed by atoms with Gasteiger partial charge >= 0.3 is 0 Å². The summed E-state index contributed by atoms with van der Waals surface area (Å²) in [6.07, 6.45) is 1.87. The Morgan fingerprint density at radius 2 is 2.31 bits per heavy atom. The van der Waals surface area contributed by atoms with Crippen LogP contribution in [-0.2, 0) is 18.4 Å². The van der Waals surface area contributed by atoms with E-state index in [9.17, 15) is 0 Å². The third-order valence-electron chi connectivity index (χ3n) is 2.14. The van der Waals surface area contributed by atoms with Crippen molar-refractivity contribution in [1.82, 2.24) is 9.78 Å². The van der Waals surface area contributed by atoms with E-state index in [1.54, 1.807) is 7.11 Å². The molecule has 0 amide bonds. The van der Waals surface area contributed by atoms with Crippen LogP contribution < -0.4 is 0 Å². The molecule has 2 rings (SSSR count). The number of methoxy groups -OCH3 is 1. The molecule has 0 atom stereocenters. The number of nitrogens with zero attached hydrogens (tertiary/aromatic N) is 2. The Bertz CT molecular complexity index is 420. The maximum atomic E-state index is 5.12. The summed E-state index contributed by atoms with van der Waals surface area (Å²) in [6, 6.07) is 6.15. The van der Waals surface area contributed by atoms with E-state index in [1.807, 2.05) is 24.0 Å². The fourth-order valence-electron chi connectivity index (χ4n) is 1.59. The third kappa shape index (κ3) is 1.31. The van der Waals surface area contributed by atoms with Crippen molar-refractivity contribution in [3.05, 3.63) is 30.0 Å². The van der Waals surface area contributed by atoms with Crippen molar-refractivity contribution in [2.75, 3.05) is 7.11 Å². The van der Waals surface area contributed by atoms with Gasteiger partial charge in [0, 0.05) is 25.1 Å². The molecule has 2 aromatic rings. The summed E-state index contributed by atoms with van der Waals surface area (Å²) in [7, 11) is 3.65. The van der Waals surface area contributed by atoms with Gasteiger partial charge in [0.15, 0.2) is 0 Å². The topological polar surface area (TPSA) is 27.1 Å². The molecule has 0 N–H and O–H groups in total. The van der Waals surface area contributed by atoms with Gasteiger partial charge < -0.3 is 4.74 Å². The summed E-state index contributed by atoms with van der Waals surface area (Å²) in [6.45, 7) is 0.636. The SMILES string of the molecule is COCc1cccc2cnn(C)c12. The van der Waals surface area contributed by atoms with Crippen molar-refractivity contribution in [2.45, 2.75) is 6.61 Å². The first-order valence-corrected chi connectivity index (χ1v) is 4.21. The summed E-state index contributed by atoms with van der Waals surface area (Å²) in [4.78, 5) is 0. The molecule has 68 valence electrons. The Hall–Kier alpha value is -1.35. The van der Waals surface area contributed by atoms with Gasteiger partial charge in [-0.05, 0) is 0 Å². The lowest BCUT2D eigenvalue weighted by molar-refractivity contribution is 0.185. The van der Waals surface area contributed by atoms with Crippen molar-refractivity contribution in [2.24, 2.45) is 7.05 Å². The Kier molecular flexibility index (Phi) is 2.02. The minimum Gasteiger partial charge on any atom is -0.380 e. The average molecular weight is 176 g/mol. The second kappa shape index (κ2) is 3.18. The lowest BCUT2D eigenvalue weighted by Crippen LogP contribution is -1.95. The average Bonchev–Trinajstić information content (AvgIpc) is 2.50. The Morgan fingerprint density at radius 1 is 1.46 bits per heavy atom. The number of ether oxygens (including phenoxy) is 1. The van der Waals surface area contributed by atoms with Crippen LogP contribution in [0.1, 0.15) is 5.56 Å². The zero-order valence-corrected chi connectivity index (χ0v) is 7.82. The molecule has 0 fully saturated rings. The number of rotatable bonds is 2. The molecule has 1 aromatic carbocycles. The van der Waals surface area contributed by atoms with Crippen LogP contribution in [-0.4, -0.2) is 16.9 Å². The van der Waals surface area contributed by atoms with Crippen molar-refractivity contribution in [1.29, 1.82) is 0 Å². The predicted molar refractivity (Wildman–Crippen MR) is 51.4 cm³/mol. The van der Waals surface area contributed by atoms with Crippen molar-refractivity contribution in [3.8, 4) is 0 Å². The highest BCUT2D eigenvalue weighted by Gasteiger charge is 2.03. The first kappa shape index (κ1) is 8.26. The lowest BCUT2D eigenvalue weighted by Gasteiger charge is -2.02. The summed E-state index contributed by atoms with van der Waals surface area (Å²) in [5.74, 6) is 0. The number of aromatic nitrogens is 2. The number of aryl methyl sites for hydroxylation is 1. The van der Waals surface area contributed by atoms with Gasteiger partial charge in [-0.3, -0.25) is 4.68 Å². The Labute approximate surface area is 76.9 Å². The van der Waals surface area contributed by atoms with Crippen LogP contribution in [0.5, 0.6) is 0 Å². The van der Waals surface area contributed by atoms with Gasteiger partial charge in [0.1, 0.15) is 0 Å². The van der Waals surface area contributed by atoms with Crippen molar-refractivity contribution in [3.63, 3.8) is 0 Å². The molecule has 0 radical (unpaired) electrons. The van der Waals surface area contributed by atoms with Crippen LogP contribution in [0, 0.1) is 0 Å². The molecule has 0 saturated carbocycles. The maximum Gasteiger partial charge on any atom is 0.0734 e. The van der Waals surface area contributed by atoms with E-state index in [4.69, 9.17) is 4.74 Å². The van der Waals surface area contributed by atoms with Crippen molar-refractivity contribution < 1.29 is 4.74 Å². The number of para-hydroxylation sites is 1. The highest BCUT2D eigenvalue weighted by atomic mass is 16.5. The Morgan fingerprint density at radius 3 is 3.08 bits per heavy atom. The zero-order chi connectivity index (χ0) is 9.26. The predicted octanol–water partition coefficient (Wildman–Crippen LogP) is 1.72. The van der Waals surface area contributed by atoms with Gasteiger partial charge in [-0.2, -0.15) is 5.10 Å². The van der Waals surface area contributed by atoms with Crippen LogP contribution in [0.2, 0.25) is 0 Å². The van der Waals surface area contributed by atoms with Gasteiger partial charge in [-0.1, -0.05) is 18.2 Å². The summed E-state index contributed by atoms with van der Waals surface area (Å²) < 4.78 is 7.00. The molecule has 1 aromatic heterocycles. The highest BCUT2D eigenvalue weighted by molar-refractivity contribution is 5.81. The number of benzene rings is 1. The minimum atomic E-state index is 0.636. The fourth-order valence-corrected chi connectivity index (χ4v) is 1.59.